The van der Waals surface area contributed by atoms with E-state index in [0.717, 1.165) is 11.1 Å². The number of carboxylic acid groups (broad SMARTS) is 1. The van der Waals surface area contributed by atoms with E-state index in [-0.39, 0.29) is 18.9 Å². The normalized spacial score (nSPS) is 19.7. The van der Waals surface area contributed by atoms with Gasteiger partial charge >= 0.3 is 11.9 Å². The lowest BCUT2D eigenvalue weighted by molar-refractivity contribution is -0.133. The van der Waals surface area contributed by atoms with Crippen LogP contribution in [0.25, 0.3) is 0 Å². The van der Waals surface area contributed by atoms with Crippen molar-refractivity contribution in [2.75, 3.05) is 26.1 Å². The van der Waals surface area contributed by atoms with E-state index >= 15 is 0 Å². The van der Waals surface area contributed by atoms with E-state index in [1.54, 1.807) is 6.08 Å². The molecule has 134 valence electrons. The molecular formula is C18H21NO6. The Bertz CT molecular complexity index is 762. The average Bonchev–Trinajstić information content (AvgIpc) is 3.22. The van der Waals surface area contributed by atoms with Crippen molar-refractivity contribution in [2.24, 2.45) is 5.92 Å². The number of carbonyl (C=O) groups excluding carboxylic acids is 1. The summed E-state index contributed by atoms with van der Waals surface area (Å²) in [5.74, 6) is -0.986. The van der Waals surface area contributed by atoms with Crippen LogP contribution in [-0.2, 0) is 27.3 Å². The number of anilines is 1. The van der Waals surface area contributed by atoms with Gasteiger partial charge in [-0.05, 0) is 25.3 Å². The molecule has 2 heterocycles. The summed E-state index contributed by atoms with van der Waals surface area (Å²) in [6.45, 7) is 2.98. The van der Waals surface area contributed by atoms with Crippen molar-refractivity contribution in [1.82, 2.24) is 0 Å². The molecule has 3 rings (SSSR count). The van der Waals surface area contributed by atoms with Gasteiger partial charge in [0.15, 0.2) is 0 Å². The van der Waals surface area contributed by atoms with Crippen molar-refractivity contribution in [3.63, 3.8) is 0 Å². The number of benzene rings is 1. The summed E-state index contributed by atoms with van der Waals surface area (Å²) in [7, 11) is 1.53. The van der Waals surface area contributed by atoms with Crippen molar-refractivity contribution in [2.45, 2.75) is 26.4 Å². The van der Waals surface area contributed by atoms with Crippen LogP contribution in [0.1, 0.15) is 33.5 Å². The number of esters is 1. The highest BCUT2D eigenvalue weighted by Crippen LogP contribution is 2.40. The molecule has 1 fully saturated rings. The summed E-state index contributed by atoms with van der Waals surface area (Å²) in [6.07, 6.45) is 2.58. The van der Waals surface area contributed by atoms with Gasteiger partial charge < -0.3 is 25.1 Å². The molecule has 1 aromatic carbocycles. The quantitative estimate of drug-likeness (QED) is 0.475. The molecule has 0 radical (unpaired) electrons. The topological polar surface area (TPSA) is 108 Å². The summed E-state index contributed by atoms with van der Waals surface area (Å²) in [5.41, 5.74) is 9.30. The lowest BCUT2D eigenvalue weighted by Crippen LogP contribution is -2.14. The van der Waals surface area contributed by atoms with Gasteiger partial charge in [0.2, 0.25) is 0 Å². The maximum absolute atomic E-state index is 12.0. The molecule has 1 saturated heterocycles. The van der Waals surface area contributed by atoms with Crippen LogP contribution in [0.15, 0.2) is 11.6 Å². The van der Waals surface area contributed by atoms with Crippen LogP contribution < -0.4 is 10.5 Å². The molecule has 0 aromatic heterocycles. The molecule has 7 heteroatoms. The van der Waals surface area contributed by atoms with Crippen LogP contribution in [0.2, 0.25) is 0 Å². The number of nitrogen functional groups attached to an aromatic ring is 1. The van der Waals surface area contributed by atoms with Gasteiger partial charge in [0.1, 0.15) is 12.4 Å². The van der Waals surface area contributed by atoms with Gasteiger partial charge in [-0.1, -0.05) is 6.08 Å². The molecule has 1 aromatic rings. The Labute approximate surface area is 145 Å². The van der Waals surface area contributed by atoms with E-state index in [4.69, 9.17) is 19.9 Å². The fourth-order valence-corrected chi connectivity index (χ4v) is 3.51. The Hall–Kier alpha value is -2.54. The molecule has 0 amide bonds. The fourth-order valence-electron chi connectivity index (χ4n) is 3.51. The van der Waals surface area contributed by atoms with E-state index in [0.29, 0.717) is 47.8 Å². The second kappa shape index (κ2) is 6.76. The maximum Gasteiger partial charge on any atom is 0.341 e. The van der Waals surface area contributed by atoms with Crippen LogP contribution in [0.4, 0.5) is 5.69 Å². The minimum absolute atomic E-state index is 0.134. The number of allylic oxidation sites excluding steroid dienone is 1. The summed E-state index contributed by atoms with van der Waals surface area (Å²) in [6, 6.07) is 0. The van der Waals surface area contributed by atoms with E-state index < -0.39 is 11.9 Å². The average molecular weight is 347 g/mol. The number of hydrogen-bond acceptors (Lipinski definition) is 6. The van der Waals surface area contributed by atoms with E-state index in [2.05, 4.69) is 0 Å². The molecule has 0 bridgehead atoms. The minimum atomic E-state index is -0.967. The van der Waals surface area contributed by atoms with Crippen molar-refractivity contribution in [1.29, 1.82) is 0 Å². The first-order chi connectivity index (χ1) is 12.0. The summed E-state index contributed by atoms with van der Waals surface area (Å²) < 4.78 is 15.9. The first kappa shape index (κ1) is 17.3. The first-order valence-electron chi connectivity index (χ1n) is 8.11. The van der Waals surface area contributed by atoms with Crippen LogP contribution >= 0.6 is 0 Å². The number of nitrogens with two attached hydrogens (primary N) is 1. The van der Waals surface area contributed by atoms with Crippen LogP contribution in [0.5, 0.6) is 5.75 Å². The maximum atomic E-state index is 12.0. The zero-order valence-corrected chi connectivity index (χ0v) is 14.3. The SMILES string of the molecule is COc1c(C)c2c(c(N)c1CC=C(C(=O)O)C1CCOC1)C(=O)OC2. The zero-order valence-electron chi connectivity index (χ0n) is 14.3. The van der Waals surface area contributed by atoms with Crippen molar-refractivity contribution < 1.29 is 28.9 Å². The molecule has 7 nitrogen and oxygen atoms in total. The third-order valence-electron chi connectivity index (χ3n) is 4.86. The number of hydrogen-bond donors (Lipinski definition) is 2. The third-order valence-corrected chi connectivity index (χ3v) is 4.86. The molecular weight excluding hydrogens is 326 g/mol. The number of carboxylic acids is 1. The number of carbonyl (C=O) groups is 2. The smallest absolute Gasteiger partial charge is 0.341 e. The van der Waals surface area contributed by atoms with Crippen molar-refractivity contribution in [3.05, 3.63) is 33.9 Å². The first-order valence-corrected chi connectivity index (χ1v) is 8.11. The second-order valence-electron chi connectivity index (χ2n) is 6.21. The van der Waals surface area contributed by atoms with Gasteiger partial charge in [0.05, 0.1) is 25.0 Å². The lowest BCUT2D eigenvalue weighted by atomic mass is 9.92. The van der Waals surface area contributed by atoms with Gasteiger partial charge in [0, 0.05) is 29.2 Å². The van der Waals surface area contributed by atoms with Crippen LogP contribution in [0.3, 0.4) is 0 Å². The highest BCUT2D eigenvalue weighted by molar-refractivity contribution is 6.01. The van der Waals surface area contributed by atoms with Gasteiger partial charge in [0.25, 0.3) is 0 Å². The van der Waals surface area contributed by atoms with Gasteiger partial charge in [-0.15, -0.1) is 0 Å². The molecule has 2 aliphatic heterocycles. The Kier molecular flexibility index (Phi) is 4.67. The Morgan fingerprint density at radius 1 is 1.48 bits per heavy atom. The standard InChI is InChI=1S/C18H21NO6/c1-9-13-8-25-18(22)14(13)15(19)12(16(9)23-2)4-3-11(17(20)21)10-5-6-24-7-10/h3,10H,4-8,19H2,1-2H3,(H,20,21). The Morgan fingerprint density at radius 3 is 2.84 bits per heavy atom. The van der Waals surface area contributed by atoms with Crippen molar-refractivity contribution >= 4 is 17.6 Å². The van der Waals surface area contributed by atoms with Crippen LogP contribution in [0, 0.1) is 12.8 Å². The highest BCUT2D eigenvalue weighted by Gasteiger charge is 2.31. The number of methoxy groups -OCH3 is 1. The molecule has 0 saturated carbocycles. The summed E-state index contributed by atoms with van der Waals surface area (Å²) >= 11 is 0. The summed E-state index contributed by atoms with van der Waals surface area (Å²) in [4.78, 5) is 23.6. The Morgan fingerprint density at radius 2 is 2.24 bits per heavy atom. The predicted molar refractivity (Wildman–Crippen MR) is 89.6 cm³/mol. The van der Waals surface area contributed by atoms with E-state index in [1.807, 2.05) is 6.92 Å². The molecule has 2 aliphatic rings. The summed E-state index contributed by atoms with van der Waals surface area (Å²) in [5, 5.41) is 9.50. The van der Waals surface area contributed by atoms with Gasteiger partial charge in [-0.25, -0.2) is 9.59 Å². The molecule has 1 unspecified atom stereocenters. The zero-order chi connectivity index (χ0) is 18.1. The molecule has 25 heavy (non-hydrogen) atoms. The number of rotatable bonds is 5. The second-order valence-corrected chi connectivity index (χ2v) is 6.21. The highest BCUT2D eigenvalue weighted by atomic mass is 16.5. The molecule has 0 spiro atoms. The van der Waals surface area contributed by atoms with E-state index in [9.17, 15) is 14.7 Å². The van der Waals surface area contributed by atoms with Gasteiger partial charge in [-0.3, -0.25) is 0 Å². The Balaban J connectivity index is 2.03. The number of fused-ring (bicyclic) bond motifs is 1. The van der Waals surface area contributed by atoms with Gasteiger partial charge in [-0.2, -0.15) is 0 Å². The fraction of sp³-hybridized carbons (Fsp3) is 0.444. The van der Waals surface area contributed by atoms with E-state index in [1.165, 1.54) is 7.11 Å². The number of ether oxygens (including phenoxy) is 3. The molecule has 1 atom stereocenters. The van der Waals surface area contributed by atoms with Crippen LogP contribution in [-0.4, -0.2) is 37.4 Å². The minimum Gasteiger partial charge on any atom is -0.496 e. The molecule has 3 N–H and O–H groups in total. The predicted octanol–water partition coefficient (Wildman–Crippen LogP) is 1.85. The third kappa shape index (κ3) is 2.95. The monoisotopic (exact) mass is 347 g/mol. The number of cyclic esters (lactones) is 1. The molecule has 0 aliphatic carbocycles. The lowest BCUT2D eigenvalue weighted by Gasteiger charge is -2.17. The largest absolute Gasteiger partial charge is 0.496 e. The van der Waals surface area contributed by atoms with Crippen molar-refractivity contribution in [3.8, 4) is 5.75 Å². The number of aliphatic carboxylic acids is 1.